The molecule has 5 nitrogen and oxygen atoms in total. The van der Waals surface area contributed by atoms with E-state index in [0.29, 0.717) is 24.2 Å². The molecule has 2 aromatic rings. The van der Waals surface area contributed by atoms with Crippen molar-refractivity contribution in [3.63, 3.8) is 0 Å². The molecule has 2 atom stereocenters. The lowest BCUT2D eigenvalue weighted by Crippen LogP contribution is -2.33. The fraction of sp³-hybridized carbons (Fsp3) is 0.208. The summed E-state index contributed by atoms with van der Waals surface area (Å²) in [6.07, 6.45) is 0.903. The molecule has 4 rings (SSSR count). The van der Waals surface area contributed by atoms with E-state index in [9.17, 15) is 14.9 Å². The van der Waals surface area contributed by atoms with Crippen LogP contribution in [0.5, 0.6) is 0 Å². The van der Waals surface area contributed by atoms with Crippen LogP contribution in [0.2, 0.25) is 0 Å². The lowest BCUT2D eigenvalue weighted by Gasteiger charge is -2.34. The number of nitrogens with zero attached hydrogens (tertiary/aromatic N) is 1. The van der Waals surface area contributed by atoms with E-state index in [1.54, 1.807) is 0 Å². The van der Waals surface area contributed by atoms with Gasteiger partial charge in [0.25, 0.3) is 0 Å². The third-order valence-corrected chi connectivity index (χ3v) is 5.33. The van der Waals surface area contributed by atoms with Crippen molar-refractivity contribution in [1.29, 1.82) is 5.26 Å². The van der Waals surface area contributed by atoms with Crippen LogP contribution in [-0.4, -0.2) is 11.7 Å². The number of nitriles is 1. The van der Waals surface area contributed by atoms with Gasteiger partial charge in [0.15, 0.2) is 5.78 Å². The highest BCUT2D eigenvalue weighted by molar-refractivity contribution is 6.00. The standard InChI is InChI=1S/C24H20N2O3/c1-15(27)26-24-19(14-25)22(17-10-6-3-7-11-17)23-20(28)12-18(13-21(23)29-24)16-8-4-2-5-9-16/h2-11,18,22H,12-13H2,1H3,(H,26,27). The molecule has 2 aliphatic rings. The minimum absolute atomic E-state index is 0.00101. The number of ether oxygens (including phenoxy) is 1. The lowest BCUT2D eigenvalue weighted by atomic mass is 9.73. The molecule has 0 bridgehead atoms. The van der Waals surface area contributed by atoms with Gasteiger partial charge >= 0.3 is 0 Å². The van der Waals surface area contributed by atoms with Gasteiger partial charge in [0, 0.05) is 25.3 Å². The zero-order chi connectivity index (χ0) is 20.4. The van der Waals surface area contributed by atoms with Gasteiger partial charge in [0.2, 0.25) is 11.8 Å². The van der Waals surface area contributed by atoms with E-state index in [-0.39, 0.29) is 29.1 Å². The van der Waals surface area contributed by atoms with Crippen molar-refractivity contribution < 1.29 is 14.3 Å². The molecule has 1 amide bonds. The Labute approximate surface area is 169 Å². The van der Waals surface area contributed by atoms with E-state index in [2.05, 4.69) is 11.4 Å². The highest BCUT2D eigenvalue weighted by atomic mass is 16.5. The number of ketones is 1. The molecule has 2 aromatic carbocycles. The van der Waals surface area contributed by atoms with Gasteiger partial charge < -0.3 is 4.74 Å². The monoisotopic (exact) mass is 384 g/mol. The Hall–Kier alpha value is -3.65. The van der Waals surface area contributed by atoms with Gasteiger partial charge in [-0.3, -0.25) is 14.9 Å². The van der Waals surface area contributed by atoms with Gasteiger partial charge in [-0.25, -0.2) is 0 Å². The summed E-state index contributed by atoms with van der Waals surface area (Å²) in [4.78, 5) is 24.9. The maximum atomic E-state index is 13.2. The summed E-state index contributed by atoms with van der Waals surface area (Å²) in [6.45, 7) is 1.37. The number of benzene rings is 2. The van der Waals surface area contributed by atoms with Crippen LogP contribution < -0.4 is 5.32 Å². The number of carbonyl (C=O) groups excluding carboxylic acids is 2. The van der Waals surface area contributed by atoms with Gasteiger partial charge in [-0.05, 0) is 17.0 Å². The summed E-state index contributed by atoms with van der Waals surface area (Å²) in [7, 11) is 0. The molecule has 1 heterocycles. The van der Waals surface area contributed by atoms with E-state index in [1.165, 1.54) is 6.92 Å². The number of amides is 1. The second-order valence-electron chi connectivity index (χ2n) is 7.26. The summed E-state index contributed by atoms with van der Waals surface area (Å²) in [5, 5.41) is 12.5. The highest BCUT2D eigenvalue weighted by Crippen LogP contribution is 2.46. The minimum Gasteiger partial charge on any atom is -0.444 e. The molecular formula is C24H20N2O3. The molecule has 0 spiro atoms. The predicted molar refractivity (Wildman–Crippen MR) is 107 cm³/mol. The number of hydrogen-bond donors (Lipinski definition) is 1. The minimum atomic E-state index is -0.545. The summed E-state index contributed by atoms with van der Waals surface area (Å²) in [5.41, 5.74) is 2.67. The Morgan fingerprint density at radius 2 is 1.66 bits per heavy atom. The predicted octanol–water partition coefficient (Wildman–Crippen LogP) is 4.07. The molecule has 1 aliphatic heterocycles. The van der Waals surface area contributed by atoms with Gasteiger partial charge in [0.05, 0.1) is 5.92 Å². The van der Waals surface area contributed by atoms with E-state index < -0.39 is 5.92 Å². The van der Waals surface area contributed by atoms with Crippen LogP contribution >= 0.6 is 0 Å². The Balaban J connectivity index is 1.82. The summed E-state index contributed by atoms with van der Waals surface area (Å²) < 4.78 is 5.96. The number of allylic oxidation sites excluding steroid dienone is 3. The van der Waals surface area contributed by atoms with Gasteiger partial charge in [0.1, 0.15) is 17.4 Å². The number of hydrogen-bond acceptors (Lipinski definition) is 4. The van der Waals surface area contributed by atoms with Crippen LogP contribution in [0.15, 0.2) is 83.5 Å². The molecule has 1 aliphatic carbocycles. The smallest absolute Gasteiger partial charge is 0.223 e. The zero-order valence-electron chi connectivity index (χ0n) is 16.0. The molecule has 5 heteroatoms. The second-order valence-corrected chi connectivity index (χ2v) is 7.26. The van der Waals surface area contributed by atoms with Crippen molar-refractivity contribution in [1.82, 2.24) is 5.32 Å². The normalized spacial score (nSPS) is 21.2. The van der Waals surface area contributed by atoms with Crippen LogP contribution in [0, 0.1) is 11.3 Å². The molecule has 0 saturated carbocycles. The third-order valence-electron chi connectivity index (χ3n) is 5.33. The molecule has 0 saturated heterocycles. The number of rotatable bonds is 3. The lowest BCUT2D eigenvalue weighted by molar-refractivity contribution is -0.119. The topological polar surface area (TPSA) is 79.2 Å². The van der Waals surface area contributed by atoms with E-state index in [4.69, 9.17) is 4.74 Å². The van der Waals surface area contributed by atoms with Crippen LogP contribution in [0.4, 0.5) is 0 Å². The number of carbonyl (C=O) groups is 2. The average Bonchev–Trinajstić information content (AvgIpc) is 2.73. The average molecular weight is 384 g/mol. The Morgan fingerprint density at radius 1 is 1.03 bits per heavy atom. The Kier molecular flexibility index (Phi) is 5.01. The summed E-state index contributed by atoms with van der Waals surface area (Å²) in [5.74, 6) is -0.244. The third kappa shape index (κ3) is 3.57. The van der Waals surface area contributed by atoms with Gasteiger partial charge in [-0.2, -0.15) is 5.26 Å². The number of Topliss-reactive ketones (excluding diaryl/α,β-unsaturated/α-hetero) is 1. The SMILES string of the molecule is CC(=O)NC1=C(C#N)C(c2ccccc2)C2=C(CC(c3ccccc3)CC2=O)O1. The molecule has 0 aromatic heterocycles. The molecule has 2 unspecified atom stereocenters. The first-order valence-corrected chi connectivity index (χ1v) is 9.54. The number of nitrogens with one attached hydrogen (secondary N) is 1. The quantitative estimate of drug-likeness (QED) is 0.865. The van der Waals surface area contributed by atoms with Crippen molar-refractivity contribution in [3.05, 3.63) is 94.6 Å². The zero-order valence-corrected chi connectivity index (χ0v) is 16.0. The molecule has 0 radical (unpaired) electrons. The first-order valence-electron chi connectivity index (χ1n) is 9.54. The maximum Gasteiger partial charge on any atom is 0.223 e. The molecular weight excluding hydrogens is 364 g/mol. The van der Waals surface area contributed by atoms with Crippen molar-refractivity contribution >= 4 is 11.7 Å². The molecule has 144 valence electrons. The first-order chi connectivity index (χ1) is 14.1. The van der Waals surface area contributed by atoms with Crippen LogP contribution in [0.1, 0.15) is 42.7 Å². The first kappa shape index (κ1) is 18.7. The van der Waals surface area contributed by atoms with Crippen LogP contribution in [0.3, 0.4) is 0 Å². The Morgan fingerprint density at radius 3 is 2.24 bits per heavy atom. The van der Waals surface area contributed by atoms with Crippen molar-refractivity contribution in [2.75, 3.05) is 0 Å². The van der Waals surface area contributed by atoms with E-state index in [1.807, 2.05) is 60.7 Å². The molecule has 0 fully saturated rings. The molecule has 1 N–H and O–H groups in total. The fourth-order valence-corrected chi connectivity index (χ4v) is 4.08. The van der Waals surface area contributed by atoms with E-state index >= 15 is 0 Å². The van der Waals surface area contributed by atoms with Crippen molar-refractivity contribution in [2.24, 2.45) is 0 Å². The largest absolute Gasteiger partial charge is 0.444 e. The van der Waals surface area contributed by atoms with Crippen LogP contribution in [-0.2, 0) is 14.3 Å². The van der Waals surface area contributed by atoms with E-state index in [0.717, 1.165) is 11.1 Å². The maximum absolute atomic E-state index is 13.2. The van der Waals surface area contributed by atoms with Crippen molar-refractivity contribution in [3.8, 4) is 6.07 Å². The van der Waals surface area contributed by atoms with Gasteiger partial charge in [-0.15, -0.1) is 0 Å². The molecule has 29 heavy (non-hydrogen) atoms. The second kappa shape index (κ2) is 7.76. The van der Waals surface area contributed by atoms with Gasteiger partial charge in [-0.1, -0.05) is 60.7 Å². The highest BCUT2D eigenvalue weighted by Gasteiger charge is 2.41. The van der Waals surface area contributed by atoms with Crippen molar-refractivity contribution in [2.45, 2.75) is 31.6 Å². The fourth-order valence-electron chi connectivity index (χ4n) is 4.08. The van der Waals surface area contributed by atoms with Crippen LogP contribution in [0.25, 0.3) is 0 Å². The summed E-state index contributed by atoms with van der Waals surface area (Å²) >= 11 is 0. The Bertz CT molecular complexity index is 1060. The summed E-state index contributed by atoms with van der Waals surface area (Å²) in [6, 6.07) is 21.4.